The topological polar surface area (TPSA) is 62.6 Å². The minimum atomic E-state index is -0.407. The molecule has 19 heavy (non-hydrogen) atoms. The smallest absolute Gasteiger partial charge is 0.322 e. The molecule has 5 nitrogen and oxygen atoms in total. The lowest BCUT2D eigenvalue weighted by molar-refractivity contribution is -0.904. The highest BCUT2D eigenvalue weighted by atomic mass is 16.2. The van der Waals surface area contributed by atoms with Crippen LogP contribution in [0.15, 0.2) is 0 Å². The number of urea groups is 1. The van der Waals surface area contributed by atoms with Gasteiger partial charge < -0.3 is 10.2 Å². The quantitative estimate of drug-likeness (QED) is 0.670. The second kappa shape index (κ2) is 6.37. The first-order valence-electron chi connectivity index (χ1n) is 7.11. The van der Waals surface area contributed by atoms with Crippen molar-refractivity contribution in [3.05, 3.63) is 0 Å². The Kier molecular flexibility index (Phi) is 5.35. The molecule has 1 saturated heterocycles. The van der Waals surface area contributed by atoms with Gasteiger partial charge in [-0.3, -0.25) is 10.1 Å². The maximum atomic E-state index is 11.8. The zero-order valence-corrected chi connectivity index (χ0v) is 12.8. The first-order valence-corrected chi connectivity index (χ1v) is 7.11. The van der Waals surface area contributed by atoms with Gasteiger partial charge in [0.2, 0.25) is 0 Å². The highest BCUT2D eigenvalue weighted by Crippen LogP contribution is 2.11. The number of rotatable bonds is 2. The Bertz CT molecular complexity index is 326. The molecule has 0 unspecified atom stereocenters. The maximum Gasteiger partial charge on any atom is 0.322 e. The second-order valence-corrected chi connectivity index (χ2v) is 7.03. The van der Waals surface area contributed by atoms with Gasteiger partial charge in [-0.05, 0) is 27.2 Å². The van der Waals surface area contributed by atoms with Gasteiger partial charge in [0.15, 0.2) is 6.54 Å². The molecular weight excluding hydrogens is 242 g/mol. The van der Waals surface area contributed by atoms with Crippen LogP contribution in [0, 0.1) is 11.8 Å². The summed E-state index contributed by atoms with van der Waals surface area (Å²) in [7, 11) is 0. The Morgan fingerprint density at radius 3 is 2.16 bits per heavy atom. The van der Waals surface area contributed by atoms with Crippen LogP contribution >= 0.6 is 0 Å². The summed E-state index contributed by atoms with van der Waals surface area (Å²) in [6.07, 6.45) is 1.23. The Morgan fingerprint density at radius 2 is 1.68 bits per heavy atom. The number of nitrogens with one attached hydrogen (secondary N) is 3. The number of imide groups is 1. The van der Waals surface area contributed by atoms with E-state index in [-0.39, 0.29) is 11.4 Å². The maximum absolute atomic E-state index is 11.8. The van der Waals surface area contributed by atoms with Crippen molar-refractivity contribution in [2.75, 3.05) is 19.6 Å². The average Bonchev–Trinajstić information content (AvgIpc) is 2.10. The van der Waals surface area contributed by atoms with Crippen molar-refractivity contribution in [2.24, 2.45) is 11.8 Å². The molecule has 5 heteroatoms. The molecule has 0 radical (unpaired) electrons. The SMILES string of the molecule is C[C@@H]1C[C@@H](C)C[NH+](CC(=O)NC(=O)NC(C)(C)C)C1. The van der Waals surface area contributed by atoms with Crippen molar-refractivity contribution in [3.63, 3.8) is 0 Å². The number of hydrogen-bond donors (Lipinski definition) is 3. The molecule has 3 amide bonds. The lowest BCUT2D eigenvalue weighted by Gasteiger charge is -2.31. The largest absolute Gasteiger partial charge is 0.333 e. The van der Waals surface area contributed by atoms with Crippen molar-refractivity contribution in [1.29, 1.82) is 0 Å². The molecule has 1 heterocycles. The molecule has 0 bridgehead atoms. The standard InChI is InChI=1S/C14H27N3O2/c1-10-6-11(2)8-17(7-10)9-12(18)15-13(19)16-14(3,4)5/h10-11H,6-9H2,1-5H3,(H2,15,16,18,19)/p+1/t10-,11-/m1/s1. The zero-order chi connectivity index (χ0) is 14.6. The number of carbonyl (C=O) groups is 2. The van der Waals surface area contributed by atoms with Crippen molar-refractivity contribution in [3.8, 4) is 0 Å². The van der Waals surface area contributed by atoms with Crippen LogP contribution in [0.2, 0.25) is 0 Å². The van der Waals surface area contributed by atoms with E-state index in [4.69, 9.17) is 0 Å². The molecule has 0 aromatic carbocycles. The van der Waals surface area contributed by atoms with Crippen LogP contribution in [0.3, 0.4) is 0 Å². The number of amides is 3. The molecule has 3 N–H and O–H groups in total. The fourth-order valence-corrected chi connectivity index (χ4v) is 2.84. The van der Waals surface area contributed by atoms with Crippen LogP contribution in [-0.2, 0) is 4.79 Å². The first kappa shape index (κ1) is 16.0. The highest BCUT2D eigenvalue weighted by Gasteiger charge is 2.27. The predicted molar refractivity (Wildman–Crippen MR) is 74.9 cm³/mol. The molecule has 0 spiro atoms. The van der Waals surface area contributed by atoms with E-state index in [1.165, 1.54) is 11.3 Å². The van der Waals surface area contributed by atoms with Crippen molar-refractivity contribution in [1.82, 2.24) is 10.6 Å². The molecule has 0 aliphatic carbocycles. The third-order valence-corrected chi connectivity index (χ3v) is 3.23. The summed E-state index contributed by atoms with van der Waals surface area (Å²) in [6.45, 7) is 12.5. The molecule has 1 aliphatic rings. The van der Waals surface area contributed by atoms with Crippen LogP contribution in [0.4, 0.5) is 4.79 Å². The van der Waals surface area contributed by atoms with Gasteiger partial charge in [-0.2, -0.15) is 0 Å². The lowest BCUT2D eigenvalue weighted by atomic mass is 9.92. The first-order chi connectivity index (χ1) is 8.65. The Hall–Kier alpha value is -1.10. The molecule has 110 valence electrons. The number of hydrogen-bond acceptors (Lipinski definition) is 2. The Balaban J connectivity index is 2.36. The minimum absolute atomic E-state index is 0.196. The Labute approximate surface area is 116 Å². The summed E-state index contributed by atoms with van der Waals surface area (Å²) in [5, 5.41) is 5.13. The van der Waals surface area contributed by atoms with E-state index in [9.17, 15) is 9.59 Å². The van der Waals surface area contributed by atoms with Crippen LogP contribution in [0.1, 0.15) is 41.0 Å². The van der Waals surface area contributed by atoms with Crippen molar-refractivity contribution < 1.29 is 14.5 Å². The second-order valence-electron chi connectivity index (χ2n) is 7.03. The van der Waals surface area contributed by atoms with Gasteiger partial charge in [0, 0.05) is 17.4 Å². The number of quaternary nitrogens is 1. The van der Waals surface area contributed by atoms with Gasteiger partial charge in [-0.25, -0.2) is 4.79 Å². The van der Waals surface area contributed by atoms with E-state index < -0.39 is 6.03 Å². The van der Waals surface area contributed by atoms with E-state index in [1.54, 1.807) is 0 Å². The van der Waals surface area contributed by atoms with Crippen LogP contribution < -0.4 is 15.5 Å². The lowest BCUT2D eigenvalue weighted by Crippen LogP contribution is -3.15. The minimum Gasteiger partial charge on any atom is -0.333 e. The molecule has 1 fully saturated rings. The Morgan fingerprint density at radius 1 is 1.16 bits per heavy atom. The van der Waals surface area contributed by atoms with Gasteiger partial charge in [-0.15, -0.1) is 0 Å². The van der Waals surface area contributed by atoms with Crippen molar-refractivity contribution in [2.45, 2.75) is 46.6 Å². The summed E-state index contributed by atoms with van der Waals surface area (Å²) < 4.78 is 0. The molecule has 0 aromatic rings. The van der Waals surface area contributed by atoms with E-state index in [2.05, 4.69) is 24.5 Å². The normalized spacial score (nSPS) is 27.7. The molecular formula is C14H28N3O2+. The molecule has 0 saturated carbocycles. The summed E-state index contributed by atoms with van der Waals surface area (Å²) >= 11 is 0. The van der Waals surface area contributed by atoms with Gasteiger partial charge in [0.05, 0.1) is 13.1 Å². The molecule has 0 aromatic heterocycles. The number of likely N-dealkylation sites (tertiary alicyclic amines) is 1. The number of piperidine rings is 1. The van der Waals surface area contributed by atoms with Gasteiger partial charge in [0.1, 0.15) is 0 Å². The van der Waals surface area contributed by atoms with E-state index in [0.717, 1.165) is 13.1 Å². The van der Waals surface area contributed by atoms with Crippen LogP contribution in [0.5, 0.6) is 0 Å². The molecule has 2 atom stereocenters. The summed E-state index contributed by atoms with van der Waals surface area (Å²) in [5.41, 5.74) is -0.328. The fourth-order valence-electron chi connectivity index (χ4n) is 2.84. The van der Waals surface area contributed by atoms with Crippen LogP contribution in [-0.4, -0.2) is 37.1 Å². The third-order valence-electron chi connectivity index (χ3n) is 3.23. The van der Waals surface area contributed by atoms with E-state index in [1.807, 2.05) is 20.8 Å². The van der Waals surface area contributed by atoms with Gasteiger partial charge in [0.25, 0.3) is 5.91 Å². The van der Waals surface area contributed by atoms with Crippen molar-refractivity contribution >= 4 is 11.9 Å². The van der Waals surface area contributed by atoms with E-state index in [0.29, 0.717) is 18.4 Å². The number of carbonyl (C=O) groups excluding carboxylic acids is 2. The van der Waals surface area contributed by atoms with Gasteiger partial charge in [-0.1, -0.05) is 13.8 Å². The summed E-state index contributed by atoms with van der Waals surface area (Å²) in [4.78, 5) is 24.7. The average molecular weight is 270 g/mol. The monoisotopic (exact) mass is 270 g/mol. The molecule has 1 rings (SSSR count). The summed E-state index contributed by atoms with van der Waals surface area (Å²) in [5.74, 6) is 1.10. The van der Waals surface area contributed by atoms with Gasteiger partial charge >= 0.3 is 6.03 Å². The van der Waals surface area contributed by atoms with E-state index >= 15 is 0 Å². The third kappa shape index (κ3) is 6.57. The summed E-state index contributed by atoms with van der Waals surface area (Å²) in [6, 6.07) is -0.407. The van der Waals surface area contributed by atoms with Crippen LogP contribution in [0.25, 0.3) is 0 Å². The zero-order valence-electron chi connectivity index (χ0n) is 12.8. The highest BCUT2D eigenvalue weighted by molar-refractivity contribution is 5.94. The predicted octanol–water partition coefficient (Wildman–Crippen LogP) is 0.172. The fraction of sp³-hybridized carbons (Fsp3) is 0.857. The molecule has 1 aliphatic heterocycles.